The first-order chi connectivity index (χ1) is 9.02. The van der Waals surface area contributed by atoms with Gasteiger partial charge in [0.1, 0.15) is 29.8 Å². The number of hydrogen-bond donors (Lipinski definition) is 5. The molecule has 0 bridgehead atoms. The molecule has 1 aliphatic rings. The lowest BCUT2D eigenvalue weighted by Crippen LogP contribution is -2.56. The summed E-state index contributed by atoms with van der Waals surface area (Å²) in [6.07, 6.45) is -4.24. The Labute approximate surface area is 110 Å². The Hall–Kier alpha value is -1.34. The smallest absolute Gasteiger partial charge is 0.128 e. The first-order valence-electron chi connectivity index (χ1n) is 6.13. The van der Waals surface area contributed by atoms with Crippen LogP contribution in [-0.4, -0.2) is 56.6 Å². The molecule has 106 valence electrons. The van der Waals surface area contributed by atoms with Crippen molar-refractivity contribution in [3.8, 4) is 11.5 Å². The van der Waals surface area contributed by atoms with E-state index in [0.29, 0.717) is 5.75 Å². The predicted molar refractivity (Wildman–Crippen MR) is 65.7 cm³/mol. The van der Waals surface area contributed by atoms with E-state index >= 15 is 0 Å². The van der Waals surface area contributed by atoms with Gasteiger partial charge in [-0.2, -0.15) is 0 Å². The first kappa shape index (κ1) is 14.1. The van der Waals surface area contributed by atoms with Gasteiger partial charge in [0.25, 0.3) is 0 Å². The zero-order valence-corrected chi connectivity index (χ0v) is 10.3. The van der Waals surface area contributed by atoms with E-state index in [1.165, 1.54) is 24.3 Å². The second kappa shape index (κ2) is 5.75. The summed E-state index contributed by atoms with van der Waals surface area (Å²) in [5, 5.41) is 47.6. The lowest BCUT2D eigenvalue weighted by molar-refractivity contribution is -0.156. The summed E-state index contributed by atoms with van der Waals surface area (Å²) in [5.74, 6) is -0.0112. The predicted octanol–water partition coefficient (Wildman–Crippen LogP) is -0.766. The highest BCUT2D eigenvalue weighted by atomic mass is 16.5. The second-order valence-corrected chi connectivity index (χ2v) is 4.80. The molecule has 6 nitrogen and oxygen atoms in total. The van der Waals surface area contributed by atoms with Gasteiger partial charge in [0.2, 0.25) is 0 Å². The molecule has 5 atom stereocenters. The Balaban J connectivity index is 2.08. The number of aliphatic hydroxyl groups excluding tert-OH is 4. The van der Waals surface area contributed by atoms with Crippen molar-refractivity contribution >= 4 is 0 Å². The summed E-state index contributed by atoms with van der Waals surface area (Å²) in [7, 11) is 0. The van der Waals surface area contributed by atoms with Crippen molar-refractivity contribution in [1.29, 1.82) is 0 Å². The van der Waals surface area contributed by atoms with Crippen LogP contribution in [0, 0.1) is 5.92 Å². The van der Waals surface area contributed by atoms with Gasteiger partial charge in [-0.25, -0.2) is 0 Å². The molecule has 0 spiro atoms. The van der Waals surface area contributed by atoms with Crippen molar-refractivity contribution in [2.24, 2.45) is 5.92 Å². The highest BCUT2D eigenvalue weighted by Gasteiger charge is 2.43. The number of phenolic OH excluding ortho intramolecular Hbond substituents is 1. The minimum Gasteiger partial charge on any atom is -0.508 e. The van der Waals surface area contributed by atoms with Gasteiger partial charge in [0.05, 0.1) is 6.10 Å². The van der Waals surface area contributed by atoms with Gasteiger partial charge in [-0.1, -0.05) is 0 Å². The summed E-state index contributed by atoms with van der Waals surface area (Å²) in [6.45, 7) is -0.291. The molecule has 1 fully saturated rings. The van der Waals surface area contributed by atoms with Crippen LogP contribution >= 0.6 is 0 Å². The molecule has 0 amide bonds. The fourth-order valence-electron chi connectivity index (χ4n) is 2.28. The zero-order valence-electron chi connectivity index (χ0n) is 10.3. The number of rotatable bonds is 3. The van der Waals surface area contributed by atoms with Crippen LogP contribution in [0.2, 0.25) is 0 Å². The molecule has 6 heteroatoms. The highest BCUT2D eigenvalue weighted by Crippen LogP contribution is 2.29. The van der Waals surface area contributed by atoms with E-state index in [1.807, 2.05) is 0 Å². The van der Waals surface area contributed by atoms with Crippen LogP contribution in [0.25, 0.3) is 0 Å². The third kappa shape index (κ3) is 2.98. The fraction of sp³-hybridized carbons (Fsp3) is 0.538. The number of ether oxygens (including phenoxy) is 1. The van der Waals surface area contributed by atoms with E-state index in [4.69, 9.17) is 14.9 Å². The molecule has 1 aromatic carbocycles. The second-order valence-electron chi connectivity index (χ2n) is 4.80. The minimum atomic E-state index is -1.35. The third-order valence-corrected chi connectivity index (χ3v) is 3.46. The molecule has 1 aliphatic carbocycles. The molecule has 0 aromatic heterocycles. The van der Waals surface area contributed by atoms with Crippen molar-refractivity contribution in [2.75, 3.05) is 6.61 Å². The average molecular weight is 270 g/mol. The highest BCUT2D eigenvalue weighted by molar-refractivity contribution is 5.30. The number of aromatic hydroxyl groups is 1. The van der Waals surface area contributed by atoms with Gasteiger partial charge in [0, 0.05) is 12.5 Å². The Morgan fingerprint density at radius 3 is 2.21 bits per heavy atom. The van der Waals surface area contributed by atoms with Crippen LogP contribution in [0.1, 0.15) is 6.42 Å². The summed E-state index contributed by atoms with van der Waals surface area (Å²) in [4.78, 5) is 0. The van der Waals surface area contributed by atoms with E-state index in [0.717, 1.165) is 0 Å². The minimum absolute atomic E-state index is 0.0974. The molecule has 19 heavy (non-hydrogen) atoms. The molecule has 1 aromatic rings. The fourth-order valence-corrected chi connectivity index (χ4v) is 2.28. The molecule has 0 radical (unpaired) electrons. The van der Waals surface area contributed by atoms with Crippen LogP contribution in [0.15, 0.2) is 24.3 Å². The van der Waals surface area contributed by atoms with Crippen LogP contribution in [0.3, 0.4) is 0 Å². The number of benzene rings is 1. The molecular weight excluding hydrogens is 252 g/mol. The summed E-state index contributed by atoms with van der Waals surface area (Å²) in [5.41, 5.74) is 0. The summed E-state index contributed by atoms with van der Waals surface area (Å²) in [6, 6.07) is 5.96. The Morgan fingerprint density at radius 1 is 1.00 bits per heavy atom. The van der Waals surface area contributed by atoms with E-state index in [9.17, 15) is 15.3 Å². The van der Waals surface area contributed by atoms with Gasteiger partial charge < -0.3 is 30.3 Å². The maximum Gasteiger partial charge on any atom is 0.128 e. The standard InChI is InChI=1S/C13H18O6/c14-6-7-5-10(12(17)13(18)11(7)16)19-9-3-1-8(15)2-4-9/h1-4,7,10-18H,5-6H2. The first-order valence-corrected chi connectivity index (χ1v) is 6.13. The lowest BCUT2D eigenvalue weighted by Gasteiger charge is -2.39. The van der Waals surface area contributed by atoms with Gasteiger partial charge in [-0.15, -0.1) is 0 Å². The Morgan fingerprint density at radius 2 is 1.63 bits per heavy atom. The van der Waals surface area contributed by atoms with E-state index in [1.54, 1.807) is 0 Å². The van der Waals surface area contributed by atoms with E-state index in [2.05, 4.69) is 0 Å². The van der Waals surface area contributed by atoms with E-state index in [-0.39, 0.29) is 18.8 Å². The number of aliphatic hydroxyl groups is 4. The van der Waals surface area contributed by atoms with Crippen molar-refractivity contribution in [3.63, 3.8) is 0 Å². The Kier molecular flexibility index (Phi) is 4.26. The van der Waals surface area contributed by atoms with Crippen LogP contribution in [-0.2, 0) is 0 Å². The van der Waals surface area contributed by atoms with Crippen molar-refractivity contribution in [3.05, 3.63) is 24.3 Å². The third-order valence-electron chi connectivity index (χ3n) is 3.46. The number of phenols is 1. The molecular formula is C13H18O6. The monoisotopic (exact) mass is 270 g/mol. The molecule has 1 saturated carbocycles. The maximum atomic E-state index is 9.87. The summed E-state index contributed by atoms with van der Waals surface area (Å²) < 4.78 is 5.53. The maximum absolute atomic E-state index is 9.87. The van der Waals surface area contributed by atoms with Crippen molar-refractivity contribution in [2.45, 2.75) is 30.8 Å². The Bertz CT molecular complexity index is 404. The quantitative estimate of drug-likeness (QED) is 0.493. The largest absolute Gasteiger partial charge is 0.508 e. The molecule has 2 rings (SSSR count). The molecule has 0 saturated heterocycles. The van der Waals surface area contributed by atoms with Crippen LogP contribution in [0.5, 0.6) is 11.5 Å². The van der Waals surface area contributed by atoms with Gasteiger partial charge >= 0.3 is 0 Å². The molecule has 0 heterocycles. The molecule has 5 N–H and O–H groups in total. The molecule has 5 unspecified atom stereocenters. The lowest BCUT2D eigenvalue weighted by atomic mass is 9.81. The number of hydrogen-bond acceptors (Lipinski definition) is 6. The normalized spacial score (nSPS) is 35.1. The topological polar surface area (TPSA) is 110 Å². The van der Waals surface area contributed by atoms with Crippen LogP contribution < -0.4 is 4.74 Å². The van der Waals surface area contributed by atoms with Crippen molar-refractivity contribution in [1.82, 2.24) is 0 Å². The molecule has 0 aliphatic heterocycles. The van der Waals surface area contributed by atoms with Crippen molar-refractivity contribution < 1.29 is 30.3 Å². The van der Waals surface area contributed by atoms with Gasteiger partial charge in [-0.05, 0) is 30.7 Å². The average Bonchev–Trinajstić information content (AvgIpc) is 2.42. The zero-order chi connectivity index (χ0) is 14.0. The van der Waals surface area contributed by atoms with E-state index < -0.39 is 30.3 Å². The van der Waals surface area contributed by atoms with Gasteiger partial charge in [-0.3, -0.25) is 0 Å². The SMILES string of the molecule is OCC1CC(Oc2ccc(O)cc2)C(O)C(O)C1O. The van der Waals surface area contributed by atoms with Gasteiger partial charge in [0.15, 0.2) is 0 Å². The van der Waals surface area contributed by atoms with Crippen LogP contribution in [0.4, 0.5) is 0 Å². The summed E-state index contributed by atoms with van der Waals surface area (Å²) >= 11 is 0.